The summed E-state index contributed by atoms with van der Waals surface area (Å²) >= 11 is 0. The molecule has 0 amide bonds. The van der Waals surface area contributed by atoms with Crippen LogP contribution in [0.15, 0.2) is 48.7 Å². The van der Waals surface area contributed by atoms with Gasteiger partial charge in [-0.2, -0.15) is 15.6 Å². The van der Waals surface area contributed by atoms with Crippen LogP contribution in [0.4, 0.5) is 4.39 Å². The Hall–Kier alpha value is -4.23. The largest absolute Gasteiger partial charge is 0.454 e. The van der Waals surface area contributed by atoms with E-state index in [-0.39, 0.29) is 29.0 Å². The molecule has 0 fully saturated rings. The molecule has 0 unspecified atom stereocenters. The van der Waals surface area contributed by atoms with Crippen LogP contribution >= 0.6 is 0 Å². The van der Waals surface area contributed by atoms with Crippen molar-refractivity contribution in [2.75, 3.05) is 0 Å². The fraction of sp³-hybridized carbons (Fsp3) is 0.130. The molecule has 6 nitrogen and oxygen atoms in total. The quantitative estimate of drug-likeness (QED) is 0.522. The van der Waals surface area contributed by atoms with E-state index in [1.54, 1.807) is 18.3 Å². The number of hydrogen-bond acceptors (Lipinski definition) is 5. The van der Waals surface area contributed by atoms with E-state index in [0.717, 1.165) is 5.39 Å². The fourth-order valence-electron chi connectivity index (χ4n) is 3.29. The third-order valence-corrected chi connectivity index (χ3v) is 4.80. The maximum atomic E-state index is 15.5. The molecule has 0 radical (unpaired) electrons. The second-order valence-electron chi connectivity index (χ2n) is 6.70. The molecule has 0 saturated carbocycles. The molecular weight excluding hydrogens is 381 g/mol. The fourth-order valence-corrected chi connectivity index (χ4v) is 3.29. The molecule has 4 aromatic rings. The second-order valence-corrected chi connectivity index (χ2v) is 6.70. The Morgan fingerprint density at radius 1 is 1.07 bits per heavy atom. The van der Waals surface area contributed by atoms with Crippen molar-refractivity contribution in [2.24, 2.45) is 0 Å². The van der Waals surface area contributed by atoms with E-state index in [0.29, 0.717) is 28.9 Å². The van der Waals surface area contributed by atoms with Crippen molar-refractivity contribution in [3.63, 3.8) is 0 Å². The van der Waals surface area contributed by atoms with Gasteiger partial charge in [0.25, 0.3) is 0 Å². The Morgan fingerprint density at radius 3 is 2.50 bits per heavy atom. The molecular formula is C23H16FN5O. The number of aryl methyl sites for hydroxylation is 1. The second kappa shape index (κ2) is 8.02. The highest BCUT2D eigenvalue weighted by atomic mass is 19.1. The topological polar surface area (TPSA) is 98.4 Å². The highest BCUT2D eigenvalue weighted by Crippen LogP contribution is 2.33. The summed E-state index contributed by atoms with van der Waals surface area (Å²) in [4.78, 5) is 4.21. The standard InChI is InChI=1S/C23H16FN5O/c1-2-16-5-6-17(11-20-19-4-3-7-27-23(19)29-28-20)21(24)22(16)30-18-9-14(12-25)8-15(10-18)13-26/h3-10H,2,11H2,1H3,(H,27,28,29). The summed E-state index contributed by atoms with van der Waals surface area (Å²) in [6, 6.07) is 15.6. The number of ether oxygens (including phenoxy) is 1. The van der Waals surface area contributed by atoms with Crippen molar-refractivity contribution in [1.82, 2.24) is 15.2 Å². The van der Waals surface area contributed by atoms with Crippen LogP contribution in [0.2, 0.25) is 0 Å². The zero-order valence-electron chi connectivity index (χ0n) is 16.1. The van der Waals surface area contributed by atoms with Gasteiger partial charge in [0, 0.05) is 18.0 Å². The molecule has 1 N–H and O–H groups in total. The van der Waals surface area contributed by atoms with Gasteiger partial charge in [-0.05, 0) is 47.9 Å². The number of benzene rings is 2. The van der Waals surface area contributed by atoms with Crippen molar-refractivity contribution < 1.29 is 9.13 Å². The van der Waals surface area contributed by atoms with Crippen LogP contribution in [0.3, 0.4) is 0 Å². The van der Waals surface area contributed by atoms with E-state index in [1.165, 1.54) is 18.2 Å². The van der Waals surface area contributed by atoms with Crippen molar-refractivity contribution in [2.45, 2.75) is 19.8 Å². The molecule has 146 valence electrons. The average Bonchev–Trinajstić information content (AvgIpc) is 3.19. The van der Waals surface area contributed by atoms with Gasteiger partial charge < -0.3 is 4.74 Å². The number of aromatic nitrogens is 3. The lowest BCUT2D eigenvalue weighted by atomic mass is 10.0. The van der Waals surface area contributed by atoms with Crippen molar-refractivity contribution in [3.8, 4) is 23.6 Å². The lowest BCUT2D eigenvalue weighted by Gasteiger charge is -2.14. The van der Waals surface area contributed by atoms with E-state index in [1.807, 2.05) is 31.2 Å². The number of hydrogen-bond donors (Lipinski definition) is 1. The van der Waals surface area contributed by atoms with Gasteiger partial charge in [-0.15, -0.1) is 0 Å². The van der Waals surface area contributed by atoms with Gasteiger partial charge in [-0.1, -0.05) is 19.1 Å². The first-order valence-electron chi connectivity index (χ1n) is 9.34. The lowest BCUT2D eigenvalue weighted by molar-refractivity contribution is 0.433. The zero-order valence-corrected chi connectivity index (χ0v) is 16.1. The summed E-state index contributed by atoms with van der Waals surface area (Å²) in [7, 11) is 0. The van der Waals surface area contributed by atoms with Gasteiger partial charge in [-0.25, -0.2) is 9.37 Å². The van der Waals surface area contributed by atoms with Crippen LogP contribution in [0.25, 0.3) is 11.0 Å². The molecule has 4 rings (SSSR count). The number of nitriles is 2. The molecule has 30 heavy (non-hydrogen) atoms. The predicted octanol–water partition coefficient (Wildman–Crippen LogP) is 4.79. The van der Waals surface area contributed by atoms with Crippen molar-refractivity contribution >= 4 is 11.0 Å². The molecule has 7 heteroatoms. The van der Waals surface area contributed by atoms with E-state index in [9.17, 15) is 10.5 Å². The first-order valence-corrected chi connectivity index (χ1v) is 9.34. The number of halogens is 1. The van der Waals surface area contributed by atoms with Crippen LogP contribution in [-0.2, 0) is 12.8 Å². The molecule has 2 heterocycles. The Balaban J connectivity index is 1.74. The number of H-pyrrole nitrogens is 1. The first kappa shape index (κ1) is 19.1. The summed E-state index contributed by atoms with van der Waals surface area (Å²) < 4.78 is 21.3. The number of rotatable bonds is 5. The third-order valence-electron chi connectivity index (χ3n) is 4.80. The van der Waals surface area contributed by atoms with Crippen LogP contribution in [0, 0.1) is 28.5 Å². The minimum atomic E-state index is -0.491. The number of nitrogens with zero attached hydrogens (tertiary/aromatic N) is 4. The van der Waals surface area contributed by atoms with Gasteiger partial charge in [-0.3, -0.25) is 5.10 Å². The summed E-state index contributed by atoms with van der Waals surface area (Å²) in [6.07, 6.45) is 2.49. The van der Waals surface area contributed by atoms with Gasteiger partial charge in [0.05, 0.1) is 29.0 Å². The number of nitrogens with one attached hydrogen (secondary N) is 1. The van der Waals surface area contributed by atoms with Crippen molar-refractivity contribution in [1.29, 1.82) is 10.5 Å². The zero-order chi connectivity index (χ0) is 21.1. The smallest absolute Gasteiger partial charge is 0.169 e. The summed E-state index contributed by atoms with van der Waals surface area (Å²) in [5, 5.41) is 26.3. The lowest BCUT2D eigenvalue weighted by Crippen LogP contribution is -2.01. The Bertz CT molecular complexity index is 1300. The summed E-state index contributed by atoms with van der Waals surface area (Å²) in [5.41, 5.74) is 2.99. The summed E-state index contributed by atoms with van der Waals surface area (Å²) in [6.45, 7) is 1.90. The maximum absolute atomic E-state index is 15.5. The van der Waals surface area contributed by atoms with E-state index >= 15 is 4.39 Å². The Labute approximate surface area is 172 Å². The molecule has 0 aliphatic heterocycles. The molecule has 0 aliphatic carbocycles. The molecule has 2 aromatic carbocycles. The van der Waals surface area contributed by atoms with Crippen LogP contribution in [-0.4, -0.2) is 15.2 Å². The molecule has 0 atom stereocenters. The van der Waals surface area contributed by atoms with Gasteiger partial charge in [0.2, 0.25) is 0 Å². The normalized spacial score (nSPS) is 10.5. The first-order chi connectivity index (χ1) is 14.6. The predicted molar refractivity (Wildman–Crippen MR) is 108 cm³/mol. The number of fused-ring (bicyclic) bond motifs is 1. The highest BCUT2D eigenvalue weighted by molar-refractivity contribution is 5.77. The molecule has 0 saturated heterocycles. The van der Waals surface area contributed by atoms with Gasteiger partial charge in [0.15, 0.2) is 17.2 Å². The van der Waals surface area contributed by atoms with Gasteiger partial charge >= 0.3 is 0 Å². The number of aromatic amines is 1. The van der Waals surface area contributed by atoms with E-state index in [2.05, 4.69) is 15.2 Å². The Morgan fingerprint density at radius 2 is 1.80 bits per heavy atom. The third kappa shape index (κ3) is 3.57. The monoisotopic (exact) mass is 397 g/mol. The van der Waals surface area contributed by atoms with E-state index in [4.69, 9.17) is 4.74 Å². The summed E-state index contributed by atoms with van der Waals surface area (Å²) in [5.74, 6) is -0.159. The SMILES string of the molecule is CCc1ccc(Cc2n[nH]c3ncccc23)c(F)c1Oc1cc(C#N)cc(C#N)c1. The Kier molecular flexibility index (Phi) is 5.11. The molecule has 0 aliphatic rings. The van der Waals surface area contributed by atoms with Crippen molar-refractivity contribution in [3.05, 3.63) is 82.4 Å². The number of pyridine rings is 1. The van der Waals surface area contributed by atoms with E-state index < -0.39 is 5.82 Å². The van der Waals surface area contributed by atoms with Crippen LogP contribution < -0.4 is 4.74 Å². The minimum Gasteiger partial charge on any atom is -0.454 e. The van der Waals surface area contributed by atoms with Crippen LogP contribution in [0.1, 0.15) is 34.9 Å². The molecule has 2 aromatic heterocycles. The average molecular weight is 397 g/mol. The molecule has 0 bridgehead atoms. The molecule has 0 spiro atoms. The minimum absolute atomic E-state index is 0.0898. The van der Waals surface area contributed by atoms with Gasteiger partial charge in [0.1, 0.15) is 5.75 Å². The van der Waals surface area contributed by atoms with Crippen LogP contribution in [0.5, 0.6) is 11.5 Å². The maximum Gasteiger partial charge on any atom is 0.169 e. The highest BCUT2D eigenvalue weighted by Gasteiger charge is 2.18.